The maximum absolute atomic E-state index is 14.0. The first-order valence-corrected chi connectivity index (χ1v) is 15.2. The summed E-state index contributed by atoms with van der Waals surface area (Å²) in [6.45, 7) is -3.01. The molecule has 0 aliphatic carbocycles. The van der Waals surface area contributed by atoms with Crippen molar-refractivity contribution in [3.8, 4) is 11.5 Å². The number of benzene rings is 3. The fourth-order valence-electron chi connectivity index (χ4n) is 5.54. The molecule has 5 rings (SSSR count). The molecule has 1 amide bonds. The highest BCUT2D eigenvalue weighted by molar-refractivity contribution is 5.87. The van der Waals surface area contributed by atoms with Crippen LogP contribution in [0.25, 0.3) is 0 Å². The second-order valence-electron chi connectivity index (χ2n) is 11.1. The number of aryl methyl sites for hydroxylation is 1. The molecule has 2 unspecified atom stereocenters. The third-order valence-electron chi connectivity index (χ3n) is 7.88. The molecule has 0 N–H and O–H groups in total. The highest BCUT2D eigenvalue weighted by Gasteiger charge is 2.28. The minimum atomic E-state index is -3.28. The van der Waals surface area contributed by atoms with Crippen LogP contribution in [0.3, 0.4) is 0 Å². The first-order chi connectivity index (χ1) is 23.6. The van der Waals surface area contributed by atoms with Crippen molar-refractivity contribution >= 4 is 11.9 Å². The second kappa shape index (κ2) is 16.1. The molecule has 49 heavy (non-hydrogen) atoms. The lowest BCUT2D eigenvalue weighted by Gasteiger charge is -2.29. The average Bonchev–Trinajstić information content (AvgIpc) is 3.08. The lowest BCUT2D eigenvalue weighted by molar-refractivity contribution is -0.0692. The molecule has 7 nitrogen and oxygen atoms in total. The van der Waals surface area contributed by atoms with Gasteiger partial charge in [0.25, 0.3) is 0 Å². The first kappa shape index (κ1) is 34.8. The Kier molecular flexibility index (Phi) is 11.4. The number of alkyl halides is 4. The summed E-state index contributed by atoms with van der Waals surface area (Å²) in [4.78, 5) is 23.7. The first-order valence-electron chi connectivity index (χ1n) is 15.2. The lowest BCUT2D eigenvalue weighted by Crippen LogP contribution is -2.35. The predicted molar refractivity (Wildman–Crippen MR) is 172 cm³/mol. The highest BCUT2D eigenvalue weighted by Crippen LogP contribution is 2.38. The van der Waals surface area contributed by atoms with Gasteiger partial charge in [-0.2, -0.15) is 17.6 Å². The Balaban J connectivity index is 1.52. The molecule has 0 aliphatic rings. The van der Waals surface area contributed by atoms with Crippen molar-refractivity contribution in [1.82, 2.24) is 9.97 Å². The summed E-state index contributed by atoms with van der Waals surface area (Å²) in [5.41, 5.74) is 4.01. The van der Waals surface area contributed by atoms with Crippen molar-refractivity contribution in [3.05, 3.63) is 149 Å². The van der Waals surface area contributed by atoms with Crippen molar-refractivity contribution in [2.75, 3.05) is 4.90 Å². The molecule has 0 fully saturated rings. The van der Waals surface area contributed by atoms with Gasteiger partial charge in [0.2, 0.25) is 0 Å². The molecule has 3 aromatic carbocycles. The number of rotatable bonds is 13. The summed E-state index contributed by atoms with van der Waals surface area (Å²) in [6, 6.07) is 23.6. The summed E-state index contributed by atoms with van der Waals surface area (Å²) >= 11 is 0. The van der Waals surface area contributed by atoms with E-state index in [2.05, 4.69) is 19.4 Å². The predicted octanol–water partition coefficient (Wildman–Crippen LogP) is 9.41. The van der Waals surface area contributed by atoms with E-state index in [1.807, 2.05) is 30.3 Å². The van der Waals surface area contributed by atoms with E-state index in [9.17, 15) is 26.7 Å². The van der Waals surface area contributed by atoms with E-state index >= 15 is 0 Å². The zero-order chi connectivity index (χ0) is 34.9. The number of halogens is 5. The molecule has 2 aromatic heterocycles. The topological polar surface area (TPSA) is 73.8 Å². The Hall–Kier alpha value is -5.52. The Labute approximate surface area is 279 Å². The fourth-order valence-corrected chi connectivity index (χ4v) is 5.54. The zero-order valence-electron chi connectivity index (χ0n) is 26.5. The summed E-state index contributed by atoms with van der Waals surface area (Å²) in [5.74, 6) is -1.79. The van der Waals surface area contributed by atoms with E-state index in [0.29, 0.717) is 28.7 Å². The van der Waals surface area contributed by atoms with Gasteiger partial charge >= 0.3 is 19.3 Å². The summed E-state index contributed by atoms with van der Waals surface area (Å²) in [7, 11) is 0. The van der Waals surface area contributed by atoms with Gasteiger partial charge < -0.3 is 14.2 Å². The van der Waals surface area contributed by atoms with Crippen LogP contribution in [0.2, 0.25) is 0 Å². The number of hydrogen-bond acceptors (Lipinski definition) is 6. The van der Waals surface area contributed by atoms with Crippen molar-refractivity contribution in [1.29, 1.82) is 0 Å². The van der Waals surface area contributed by atoms with Gasteiger partial charge in [-0.3, -0.25) is 9.88 Å². The molecular formula is C37H32F5N3O4. The minimum Gasteiger partial charge on any atom is -0.444 e. The molecule has 0 radical (unpaired) electrons. The van der Waals surface area contributed by atoms with Crippen LogP contribution in [0, 0.1) is 12.7 Å². The quantitative estimate of drug-likeness (QED) is 0.116. The van der Waals surface area contributed by atoms with E-state index in [0.717, 1.165) is 17.2 Å². The number of carbonyl (C=O) groups is 1. The van der Waals surface area contributed by atoms with Gasteiger partial charge in [-0.05, 0) is 96.1 Å². The highest BCUT2D eigenvalue weighted by atomic mass is 19.3. The van der Waals surface area contributed by atoms with E-state index < -0.39 is 48.6 Å². The molecular weight excluding hydrogens is 645 g/mol. The number of amides is 1. The van der Waals surface area contributed by atoms with Gasteiger partial charge in [-0.25, -0.2) is 14.2 Å². The smallest absolute Gasteiger partial charge is 0.416 e. The summed E-state index contributed by atoms with van der Waals surface area (Å²) in [5, 5.41) is 0. The van der Waals surface area contributed by atoms with Gasteiger partial charge in [0.15, 0.2) is 11.5 Å². The van der Waals surface area contributed by atoms with Crippen molar-refractivity contribution in [2.24, 2.45) is 0 Å². The normalized spacial score (nSPS) is 12.4. The average molecular weight is 678 g/mol. The Morgan fingerprint density at radius 1 is 0.796 bits per heavy atom. The monoisotopic (exact) mass is 677 g/mol. The standard InChI is InChI=1S/C37H32F5N3O4/c1-23-18-29(38)10-11-30(23)24(2)45(37(46)47-22-26-6-4-3-5-7-26)34-13-9-28(21-44-34)31(19-25-14-16-43-17-15-25)27-8-12-32(48-35(39)40)33(20-27)49-36(41)42/h3-18,20-21,24,31,35-36H,19,22H2,1-2H3. The molecule has 2 atom stereocenters. The van der Waals surface area contributed by atoms with Crippen LogP contribution in [0.4, 0.5) is 32.6 Å². The molecule has 12 heteroatoms. The van der Waals surface area contributed by atoms with Gasteiger partial charge in [-0.1, -0.05) is 48.5 Å². The Morgan fingerprint density at radius 2 is 1.49 bits per heavy atom. The van der Waals surface area contributed by atoms with Crippen molar-refractivity contribution < 1.29 is 41.0 Å². The number of hydrogen-bond donors (Lipinski definition) is 0. The zero-order valence-corrected chi connectivity index (χ0v) is 26.5. The largest absolute Gasteiger partial charge is 0.444 e. The van der Waals surface area contributed by atoms with Crippen molar-refractivity contribution in [3.63, 3.8) is 0 Å². The number of nitrogens with zero attached hydrogens (tertiary/aromatic N) is 3. The maximum Gasteiger partial charge on any atom is 0.416 e. The van der Waals surface area contributed by atoms with E-state index in [1.165, 1.54) is 29.2 Å². The summed E-state index contributed by atoms with van der Waals surface area (Å²) in [6.07, 6.45) is 4.42. The van der Waals surface area contributed by atoms with Crippen LogP contribution in [-0.4, -0.2) is 29.3 Å². The Morgan fingerprint density at radius 3 is 2.14 bits per heavy atom. The Bertz CT molecular complexity index is 1830. The van der Waals surface area contributed by atoms with Gasteiger partial charge in [0.05, 0.1) is 6.04 Å². The fraction of sp³-hybridized carbons (Fsp3) is 0.216. The van der Waals surface area contributed by atoms with Gasteiger partial charge in [0, 0.05) is 24.5 Å². The molecule has 0 saturated heterocycles. The van der Waals surface area contributed by atoms with Crippen LogP contribution in [0.15, 0.2) is 110 Å². The molecule has 2 heterocycles. The second-order valence-corrected chi connectivity index (χ2v) is 11.1. The number of carbonyl (C=O) groups excluding carboxylic acids is 1. The van der Waals surface area contributed by atoms with Crippen LogP contribution in [0.5, 0.6) is 11.5 Å². The third kappa shape index (κ3) is 9.10. The van der Waals surface area contributed by atoms with Gasteiger partial charge in [0.1, 0.15) is 18.2 Å². The number of ether oxygens (including phenoxy) is 3. The molecule has 0 saturated carbocycles. The molecule has 0 aliphatic heterocycles. The van der Waals surface area contributed by atoms with E-state index in [4.69, 9.17) is 4.74 Å². The van der Waals surface area contributed by atoms with Crippen LogP contribution in [-0.2, 0) is 17.8 Å². The molecule has 0 bridgehead atoms. The molecule has 5 aromatic rings. The molecule has 254 valence electrons. The number of pyridine rings is 2. The maximum atomic E-state index is 14.0. The third-order valence-corrected chi connectivity index (χ3v) is 7.88. The van der Waals surface area contributed by atoms with Gasteiger partial charge in [-0.15, -0.1) is 0 Å². The van der Waals surface area contributed by atoms with Crippen molar-refractivity contribution in [2.45, 2.75) is 52.1 Å². The SMILES string of the molecule is Cc1cc(F)ccc1C(C)N(C(=O)OCc1ccccc1)c1ccc(C(Cc2ccncc2)c2ccc(OC(F)F)c(OC(F)F)c2)cn1. The van der Waals surface area contributed by atoms with E-state index in [1.54, 1.807) is 62.8 Å². The van der Waals surface area contributed by atoms with E-state index in [-0.39, 0.29) is 12.4 Å². The molecule has 0 spiro atoms. The van der Waals surface area contributed by atoms with Crippen LogP contribution in [0.1, 0.15) is 52.3 Å². The number of aromatic nitrogens is 2. The van der Waals surface area contributed by atoms with Crippen LogP contribution >= 0.6 is 0 Å². The number of anilines is 1. The van der Waals surface area contributed by atoms with Crippen LogP contribution < -0.4 is 14.4 Å². The lowest BCUT2D eigenvalue weighted by atomic mass is 9.86. The summed E-state index contributed by atoms with van der Waals surface area (Å²) < 4.78 is 81.2. The minimum absolute atomic E-state index is 0.00563.